The molecule has 3 N–H and O–H groups in total. The summed E-state index contributed by atoms with van der Waals surface area (Å²) >= 11 is 0. The molecule has 2 aromatic carbocycles. The fourth-order valence-electron chi connectivity index (χ4n) is 2.88. The van der Waals surface area contributed by atoms with Crippen molar-refractivity contribution < 1.29 is 22.1 Å². The molecule has 8 heteroatoms. The number of rotatable bonds is 13. The lowest BCUT2D eigenvalue weighted by Crippen LogP contribution is -2.55. The van der Waals surface area contributed by atoms with Crippen LogP contribution in [0.25, 0.3) is 0 Å². The van der Waals surface area contributed by atoms with Crippen LogP contribution in [0.5, 0.6) is 5.75 Å². The first kappa shape index (κ1) is 23.9. The van der Waals surface area contributed by atoms with Crippen molar-refractivity contribution in [3.8, 4) is 5.75 Å². The number of aryl methyl sites for hydroxylation is 1. The zero-order chi connectivity index (χ0) is 22.0. The summed E-state index contributed by atoms with van der Waals surface area (Å²) in [6.07, 6.45) is 5.16. The number of primary amides is 1. The number of benzene rings is 2. The van der Waals surface area contributed by atoms with Crippen LogP contribution in [0.3, 0.4) is 0 Å². The first-order chi connectivity index (χ1) is 14.2. The second-order valence-electron chi connectivity index (χ2n) is 7.33. The Morgan fingerprint density at radius 2 is 1.67 bits per heavy atom. The van der Waals surface area contributed by atoms with Gasteiger partial charge in [0.05, 0.1) is 12.9 Å². The lowest BCUT2D eigenvalue weighted by atomic mass is 10.1. The Morgan fingerprint density at radius 1 is 1.00 bits per heavy atom. The van der Waals surface area contributed by atoms with Crippen molar-refractivity contribution in [2.75, 3.05) is 12.9 Å². The minimum Gasteiger partial charge on any atom is -0.494 e. The highest BCUT2D eigenvalue weighted by Crippen LogP contribution is 2.15. The van der Waals surface area contributed by atoms with Crippen LogP contribution in [0.2, 0.25) is 0 Å². The molecular weight excluding hydrogens is 404 g/mol. The van der Waals surface area contributed by atoms with Crippen LogP contribution >= 0.6 is 0 Å². The third kappa shape index (κ3) is 8.52. The number of carbonyl (C=O) groups excluding carboxylic acids is 1. The standard InChI is InChI=1S/C22H30N2O5S/c1-22(21(23)25,29-30(2,26)27)24-17-19-12-14-20(15-13-19)28-16-8-4-7-11-18-9-5-3-6-10-18/h3,5-6,9-10,12-15,24H,4,7-8,11,16-17H2,1-2H3,(H2,23,25). The van der Waals surface area contributed by atoms with E-state index >= 15 is 0 Å². The molecule has 164 valence electrons. The van der Waals surface area contributed by atoms with E-state index < -0.39 is 21.8 Å². The third-order valence-electron chi connectivity index (χ3n) is 4.56. The van der Waals surface area contributed by atoms with Crippen molar-refractivity contribution in [3.05, 3.63) is 65.7 Å². The monoisotopic (exact) mass is 434 g/mol. The molecule has 0 aliphatic rings. The quantitative estimate of drug-likeness (QED) is 0.285. The summed E-state index contributed by atoms with van der Waals surface area (Å²) in [6.45, 7) is 2.13. The summed E-state index contributed by atoms with van der Waals surface area (Å²) in [4.78, 5) is 11.6. The number of nitrogens with one attached hydrogen (secondary N) is 1. The minimum absolute atomic E-state index is 0.203. The van der Waals surface area contributed by atoms with Crippen LogP contribution in [0, 0.1) is 0 Å². The summed E-state index contributed by atoms with van der Waals surface area (Å²) in [5.41, 5.74) is 5.65. The molecule has 0 fully saturated rings. The molecule has 1 unspecified atom stereocenters. The summed E-state index contributed by atoms with van der Waals surface area (Å²) < 4.78 is 33.3. The van der Waals surface area contributed by atoms with E-state index in [1.807, 2.05) is 30.3 Å². The molecule has 1 amide bonds. The number of hydrogen-bond acceptors (Lipinski definition) is 6. The third-order valence-corrected chi connectivity index (χ3v) is 5.20. The van der Waals surface area contributed by atoms with Gasteiger partial charge in [0.1, 0.15) is 5.75 Å². The Bertz CT molecular complexity index is 901. The maximum Gasteiger partial charge on any atom is 0.266 e. The molecule has 1 atom stereocenters. The van der Waals surface area contributed by atoms with E-state index in [0.29, 0.717) is 6.61 Å². The predicted molar refractivity (Wildman–Crippen MR) is 116 cm³/mol. The van der Waals surface area contributed by atoms with E-state index in [9.17, 15) is 13.2 Å². The van der Waals surface area contributed by atoms with Crippen molar-refractivity contribution in [2.24, 2.45) is 5.73 Å². The predicted octanol–water partition coefficient (Wildman–Crippen LogP) is 2.75. The first-order valence-electron chi connectivity index (χ1n) is 9.89. The van der Waals surface area contributed by atoms with Gasteiger partial charge in [0.2, 0.25) is 5.72 Å². The van der Waals surface area contributed by atoms with Crippen LogP contribution in [0.15, 0.2) is 54.6 Å². The Morgan fingerprint density at radius 3 is 2.27 bits per heavy atom. The van der Waals surface area contributed by atoms with Gasteiger partial charge in [0.15, 0.2) is 0 Å². The molecule has 2 rings (SSSR count). The van der Waals surface area contributed by atoms with E-state index in [2.05, 4.69) is 29.6 Å². The van der Waals surface area contributed by atoms with Gasteiger partial charge in [-0.3, -0.25) is 10.1 Å². The number of hydrogen-bond donors (Lipinski definition) is 2. The number of amides is 1. The highest BCUT2D eigenvalue weighted by molar-refractivity contribution is 7.86. The van der Waals surface area contributed by atoms with Gasteiger partial charge in [-0.15, -0.1) is 0 Å². The van der Waals surface area contributed by atoms with Crippen molar-refractivity contribution in [2.45, 2.75) is 44.9 Å². The molecule has 0 radical (unpaired) electrons. The Kier molecular flexibility index (Phi) is 8.83. The molecule has 0 aromatic heterocycles. The Balaban J connectivity index is 1.72. The molecule has 0 spiro atoms. The minimum atomic E-state index is -3.85. The van der Waals surface area contributed by atoms with E-state index in [-0.39, 0.29) is 6.54 Å². The van der Waals surface area contributed by atoms with Crippen LogP contribution < -0.4 is 15.8 Å². The SMILES string of the molecule is CC(NCc1ccc(OCCCCCc2ccccc2)cc1)(OS(C)(=O)=O)C(N)=O. The number of carbonyl (C=O) groups is 1. The van der Waals surface area contributed by atoms with Crippen molar-refractivity contribution in [3.63, 3.8) is 0 Å². The molecule has 30 heavy (non-hydrogen) atoms. The van der Waals surface area contributed by atoms with Crippen molar-refractivity contribution in [1.29, 1.82) is 0 Å². The molecule has 0 aliphatic carbocycles. The number of nitrogens with two attached hydrogens (primary N) is 1. The molecule has 0 saturated heterocycles. The maximum atomic E-state index is 11.6. The van der Waals surface area contributed by atoms with Crippen LogP contribution in [-0.4, -0.2) is 32.9 Å². The van der Waals surface area contributed by atoms with E-state index in [4.69, 9.17) is 14.7 Å². The van der Waals surface area contributed by atoms with Crippen LogP contribution in [0.4, 0.5) is 0 Å². The van der Waals surface area contributed by atoms with Crippen molar-refractivity contribution >= 4 is 16.0 Å². The fraction of sp³-hybridized carbons (Fsp3) is 0.409. The largest absolute Gasteiger partial charge is 0.494 e. The molecule has 0 saturated carbocycles. The summed E-state index contributed by atoms with van der Waals surface area (Å²) in [5.74, 6) is -0.160. The van der Waals surface area contributed by atoms with Gasteiger partial charge in [0, 0.05) is 6.54 Å². The summed E-state index contributed by atoms with van der Waals surface area (Å²) in [7, 11) is -3.85. The molecule has 7 nitrogen and oxygen atoms in total. The highest BCUT2D eigenvalue weighted by atomic mass is 32.2. The maximum absolute atomic E-state index is 11.6. The fourth-order valence-corrected chi connectivity index (χ4v) is 3.62. The van der Waals surface area contributed by atoms with Crippen LogP contribution in [0.1, 0.15) is 37.3 Å². The van der Waals surface area contributed by atoms with Gasteiger partial charge in [-0.25, -0.2) is 4.18 Å². The zero-order valence-electron chi connectivity index (χ0n) is 17.5. The lowest BCUT2D eigenvalue weighted by Gasteiger charge is -2.26. The van der Waals surface area contributed by atoms with Crippen LogP contribution in [-0.2, 0) is 32.1 Å². The van der Waals surface area contributed by atoms with Gasteiger partial charge in [0.25, 0.3) is 16.0 Å². The average molecular weight is 435 g/mol. The second kappa shape index (κ2) is 11.1. The summed E-state index contributed by atoms with van der Waals surface area (Å²) in [6, 6.07) is 17.8. The molecule has 0 aliphatic heterocycles. The molecule has 0 heterocycles. The topological polar surface area (TPSA) is 108 Å². The van der Waals surface area contributed by atoms with Gasteiger partial charge in [-0.05, 0) is 55.9 Å². The number of unbranched alkanes of at least 4 members (excludes halogenated alkanes) is 2. The molecular formula is C22H30N2O5S. The normalized spacial score (nSPS) is 13.5. The van der Waals surface area contributed by atoms with E-state index in [0.717, 1.165) is 43.3 Å². The lowest BCUT2D eigenvalue weighted by molar-refractivity contribution is -0.134. The van der Waals surface area contributed by atoms with Gasteiger partial charge in [-0.1, -0.05) is 42.5 Å². The van der Waals surface area contributed by atoms with Crippen molar-refractivity contribution in [1.82, 2.24) is 5.32 Å². The second-order valence-corrected chi connectivity index (χ2v) is 8.90. The molecule has 2 aromatic rings. The average Bonchev–Trinajstić information content (AvgIpc) is 2.69. The molecule has 0 bridgehead atoms. The van der Waals surface area contributed by atoms with E-state index in [1.165, 1.54) is 12.5 Å². The van der Waals surface area contributed by atoms with Gasteiger partial charge < -0.3 is 10.5 Å². The van der Waals surface area contributed by atoms with Gasteiger partial charge in [-0.2, -0.15) is 8.42 Å². The van der Waals surface area contributed by atoms with E-state index in [1.54, 1.807) is 0 Å². The Hall–Kier alpha value is -2.42. The zero-order valence-corrected chi connectivity index (χ0v) is 18.3. The Labute approximate surface area is 178 Å². The smallest absolute Gasteiger partial charge is 0.266 e. The summed E-state index contributed by atoms with van der Waals surface area (Å²) in [5, 5.41) is 2.75. The first-order valence-corrected chi connectivity index (χ1v) is 11.7. The highest BCUT2D eigenvalue weighted by Gasteiger charge is 2.35. The van der Waals surface area contributed by atoms with Gasteiger partial charge >= 0.3 is 0 Å². The number of ether oxygens (including phenoxy) is 1.